The van der Waals surface area contributed by atoms with Crippen molar-refractivity contribution in [2.75, 3.05) is 12.3 Å². The lowest BCUT2D eigenvalue weighted by molar-refractivity contribution is -0.141. The molecule has 0 spiro atoms. The van der Waals surface area contributed by atoms with Gasteiger partial charge in [-0.1, -0.05) is 18.5 Å². The van der Waals surface area contributed by atoms with Crippen molar-refractivity contribution in [3.05, 3.63) is 28.8 Å². The van der Waals surface area contributed by atoms with Gasteiger partial charge in [-0.3, -0.25) is 4.79 Å². The maximum absolute atomic E-state index is 12.5. The van der Waals surface area contributed by atoms with E-state index < -0.39 is 27.8 Å². The molecule has 0 saturated carbocycles. The maximum Gasteiger partial charge on any atom is 0.326 e. The highest BCUT2D eigenvalue weighted by atomic mass is 35.5. The van der Waals surface area contributed by atoms with Gasteiger partial charge < -0.3 is 10.0 Å². The summed E-state index contributed by atoms with van der Waals surface area (Å²) in [6.45, 7) is 1.82. The Hall–Kier alpha value is -1.60. The molecular formula is C14H16ClNO5S. The Morgan fingerprint density at radius 1 is 1.41 bits per heavy atom. The molecule has 0 radical (unpaired) electrons. The van der Waals surface area contributed by atoms with Crippen molar-refractivity contribution in [2.24, 2.45) is 0 Å². The van der Waals surface area contributed by atoms with Gasteiger partial charge in [-0.2, -0.15) is 0 Å². The second-order valence-electron chi connectivity index (χ2n) is 5.04. The van der Waals surface area contributed by atoms with Crippen LogP contribution in [-0.4, -0.2) is 48.6 Å². The maximum atomic E-state index is 12.5. The van der Waals surface area contributed by atoms with Crippen molar-refractivity contribution in [1.29, 1.82) is 0 Å². The molecule has 1 aromatic carbocycles. The number of amides is 1. The van der Waals surface area contributed by atoms with Crippen LogP contribution in [0.1, 0.15) is 30.1 Å². The quantitative estimate of drug-likeness (QED) is 0.898. The van der Waals surface area contributed by atoms with Gasteiger partial charge in [-0.15, -0.1) is 0 Å². The van der Waals surface area contributed by atoms with Crippen molar-refractivity contribution in [1.82, 2.24) is 4.90 Å². The van der Waals surface area contributed by atoms with Crippen LogP contribution in [0, 0.1) is 0 Å². The first kappa shape index (κ1) is 16.8. The van der Waals surface area contributed by atoms with Crippen LogP contribution in [0.15, 0.2) is 23.1 Å². The second-order valence-corrected chi connectivity index (χ2v) is 7.73. The number of carbonyl (C=O) groups excluding carboxylic acids is 1. The zero-order chi connectivity index (χ0) is 16.5. The first-order valence-electron chi connectivity index (χ1n) is 6.84. The molecule has 2 rings (SSSR count). The van der Waals surface area contributed by atoms with E-state index in [1.165, 1.54) is 30.0 Å². The van der Waals surface area contributed by atoms with Crippen molar-refractivity contribution < 1.29 is 23.1 Å². The molecule has 1 aromatic rings. The number of nitrogens with zero attached hydrogens (tertiary/aromatic N) is 1. The van der Waals surface area contributed by atoms with Crippen LogP contribution >= 0.6 is 11.6 Å². The largest absolute Gasteiger partial charge is 0.480 e. The average molecular weight is 346 g/mol. The van der Waals surface area contributed by atoms with Gasteiger partial charge in [0.25, 0.3) is 5.91 Å². The minimum absolute atomic E-state index is 0.00817. The Morgan fingerprint density at radius 2 is 2.09 bits per heavy atom. The van der Waals surface area contributed by atoms with Crippen LogP contribution < -0.4 is 0 Å². The molecule has 0 aromatic heterocycles. The summed E-state index contributed by atoms with van der Waals surface area (Å²) >= 11 is 6.00. The summed E-state index contributed by atoms with van der Waals surface area (Å²) in [4.78, 5) is 25.0. The molecular weight excluding hydrogens is 330 g/mol. The lowest BCUT2D eigenvalue weighted by atomic mass is 10.1. The van der Waals surface area contributed by atoms with E-state index in [-0.39, 0.29) is 21.2 Å². The van der Waals surface area contributed by atoms with Gasteiger partial charge >= 0.3 is 5.97 Å². The molecule has 1 N–H and O–H groups in total. The highest BCUT2D eigenvalue weighted by Crippen LogP contribution is 2.26. The number of carboxylic acid groups (broad SMARTS) is 1. The van der Waals surface area contributed by atoms with Crippen LogP contribution in [-0.2, 0) is 14.6 Å². The summed E-state index contributed by atoms with van der Waals surface area (Å²) in [5.41, 5.74) is 0.0179. The topological polar surface area (TPSA) is 91.8 Å². The highest BCUT2D eigenvalue weighted by molar-refractivity contribution is 7.91. The lowest BCUT2D eigenvalue weighted by Gasteiger charge is -2.22. The fourth-order valence-electron chi connectivity index (χ4n) is 2.45. The normalized spacial score (nSPS) is 18.5. The van der Waals surface area contributed by atoms with E-state index in [0.717, 1.165) is 0 Å². The van der Waals surface area contributed by atoms with Crippen LogP contribution in [0.3, 0.4) is 0 Å². The summed E-state index contributed by atoms with van der Waals surface area (Å²) in [6.07, 6.45) is 0.971. The Kier molecular flexibility index (Phi) is 4.77. The Bertz CT molecular complexity index is 716. The number of sulfone groups is 1. The van der Waals surface area contributed by atoms with E-state index in [2.05, 4.69) is 0 Å². The number of likely N-dealkylation sites (tertiary alicyclic amines) is 1. The molecule has 8 heteroatoms. The predicted molar refractivity (Wildman–Crippen MR) is 80.9 cm³/mol. The minimum atomic E-state index is -3.47. The van der Waals surface area contributed by atoms with Gasteiger partial charge in [-0.25, -0.2) is 13.2 Å². The zero-order valence-electron chi connectivity index (χ0n) is 12.0. The number of rotatable bonds is 4. The molecule has 1 amide bonds. The van der Waals surface area contributed by atoms with Crippen molar-refractivity contribution in [2.45, 2.75) is 30.7 Å². The number of benzene rings is 1. The smallest absolute Gasteiger partial charge is 0.326 e. The molecule has 6 nitrogen and oxygen atoms in total. The number of halogens is 1. The Morgan fingerprint density at radius 3 is 2.68 bits per heavy atom. The molecule has 1 heterocycles. The first-order valence-corrected chi connectivity index (χ1v) is 8.87. The zero-order valence-corrected chi connectivity index (χ0v) is 13.5. The molecule has 0 aliphatic carbocycles. The van der Waals surface area contributed by atoms with Crippen LogP contribution in [0.25, 0.3) is 0 Å². The summed E-state index contributed by atoms with van der Waals surface area (Å²) in [7, 11) is -3.47. The van der Waals surface area contributed by atoms with Crippen LogP contribution in [0.4, 0.5) is 0 Å². The molecule has 1 saturated heterocycles. The summed E-state index contributed by atoms with van der Waals surface area (Å²) in [6, 6.07) is 3.02. The third kappa shape index (κ3) is 3.10. The van der Waals surface area contributed by atoms with Crippen molar-refractivity contribution in [3.8, 4) is 0 Å². The van der Waals surface area contributed by atoms with Crippen LogP contribution in [0.2, 0.25) is 5.02 Å². The van der Waals surface area contributed by atoms with Gasteiger partial charge in [0.05, 0.1) is 21.2 Å². The molecule has 0 bridgehead atoms. The van der Waals surface area contributed by atoms with Gasteiger partial charge in [0.2, 0.25) is 0 Å². The van der Waals surface area contributed by atoms with E-state index >= 15 is 0 Å². The monoisotopic (exact) mass is 345 g/mol. The molecule has 1 aliphatic heterocycles. The second kappa shape index (κ2) is 6.26. The fourth-order valence-corrected chi connectivity index (χ4v) is 3.55. The first-order chi connectivity index (χ1) is 10.3. The fraction of sp³-hybridized carbons (Fsp3) is 0.429. The van der Waals surface area contributed by atoms with Crippen LogP contribution in [0.5, 0.6) is 0 Å². The molecule has 1 aliphatic rings. The van der Waals surface area contributed by atoms with Crippen molar-refractivity contribution in [3.63, 3.8) is 0 Å². The van der Waals surface area contributed by atoms with Gasteiger partial charge in [0.15, 0.2) is 9.84 Å². The molecule has 0 unspecified atom stereocenters. The van der Waals surface area contributed by atoms with Gasteiger partial charge in [0.1, 0.15) is 6.04 Å². The standard InChI is InChI=1S/C14H16ClNO5S/c1-2-22(20,21)9-5-6-11(15)10(8-9)13(17)16-7-3-4-12(16)14(18)19/h5-6,8,12H,2-4,7H2,1H3,(H,18,19)/t12-/m1/s1. The molecule has 1 atom stereocenters. The number of hydrogen-bond acceptors (Lipinski definition) is 4. The van der Waals surface area contributed by atoms with E-state index in [9.17, 15) is 18.0 Å². The highest BCUT2D eigenvalue weighted by Gasteiger charge is 2.35. The third-order valence-electron chi connectivity index (χ3n) is 3.71. The van der Waals surface area contributed by atoms with E-state index in [0.29, 0.717) is 19.4 Å². The molecule has 1 fully saturated rings. The van der Waals surface area contributed by atoms with E-state index in [4.69, 9.17) is 16.7 Å². The summed E-state index contributed by atoms with van der Waals surface area (Å²) < 4.78 is 23.8. The summed E-state index contributed by atoms with van der Waals surface area (Å²) in [5, 5.41) is 9.26. The van der Waals surface area contributed by atoms with Gasteiger partial charge in [0, 0.05) is 6.54 Å². The number of hydrogen-bond donors (Lipinski definition) is 1. The Labute approximate surface area is 133 Å². The third-order valence-corrected chi connectivity index (χ3v) is 5.77. The minimum Gasteiger partial charge on any atom is -0.480 e. The number of aliphatic carboxylic acids is 1. The van der Waals surface area contributed by atoms with Gasteiger partial charge in [-0.05, 0) is 31.0 Å². The Balaban J connectivity index is 2.42. The van der Waals surface area contributed by atoms with E-state index in [1.54, 1.807) is 0 Å². The van der Waals surface area contributed by atoms with E-state index in [1.807, 2.05) is 0 Å². The molecule has 22 heavy (non-hydrogen) atoms. The van der Waals surface area contributed by atoms with Crippen molar-refractivity contribution >= 4 is 33.3 Å². The molecule has 120 valence electrons. The number of carboxylic acids is 1. The predicted octanol–water partition coefficient (Wildman–Crippen LogP) is 1.82. The lowest BCUT2D eigenvalue weighted by Crippen LogP contribution is -2.40. The number of carbonyl (C=O) groups is 2. The average Bonchev–Trinajstić information content (AvgIpc) is 2.96. The summed E-state index contributed by atoms with van der Waals surface area (Å²) in [5.74, 6) is -1.72. The SMILES string of the molecule is CCS(=O)(=O)c1ccc(Cl)c(C(=O)N2CCC[C@@H]2C(=O)O)c1.